The van der Waals surface area contributed by atoms with Crippen LogP contribution < -0.4 is 9.62 Å². The minimum atomic E-state index is -4.61. The number of sulfonamides is 1. The largest absolute Gasteiger partial charge is 0.416 e. The second-order valence-electron chi connectivity index (χ2n) is 9.12. The second kappa shape index (κ2) is 9.22. The molecule has 2 aromatic rings. The van der Waals surface area contributed by atoms with Crippen LogP contribution in [0.15, 0.2) is 47.4 Å². The quantitative estimate of drug-likeness (QED) is 0.651. The zero-order valence-corrected chi connectivity index (χ0v) is 19.9. The van der Waals surface area contributed by atoms with E-state index in [0.717, 1.165) is 17.8 Å². The standard InChI is InChI=1S/C24H28F3N3O3S/c1-29(2)19-10-8-17(9-11-19)23(31)30-14-12-18(13-15-30)28-34(32,33)21-5-3-4-20(24(25,26)27)22(21)16-6-7-16/h3-5,8-11,16,18,28H,6-7,12-15H2,1-2H3. The molecule has 2 aliphatic rings. The van der Waals surface area contributed by atoms with Gasteiger partial charge >= 0.3 is 6.18 Å². The average Bonchev–Trinajstić information content (AvgIpc) is 3.63. The minimum Gasteiger partial charge on any atom is -0.378 e. The van der Waals surface area contributed by atoms with Crippen LogP contribution in [0.3, 0.4) is 0 Å². The lowest BCUT2D eigenvalue weighted by molar-refractivity contribution is -0.138. The lowest BCUT2D eigenvalue weighted by atomic mass is 10.0. The summed E-state index contributed by atoms with van der Waals surface area (Å²) in [4.78, 5) is 16.1. The lowest BCUT2D eigenvalue weighted by Gasteiger charge is -2.32. The molecule has 1 aliphatic carbocycles. The summed E-state index contributed by atoms with van der Waals surface area (Å²) in [6.45, 7) is 0.721. The summed E-state index contributed by atoms with van der Waals surface area (Å²) in [6.07, 6.45) is -2.74. The van der Waals surface area contributed by atoms with E-state index in [4.69, 9.17) is 0 Å². The molecule has 6 nitrogen and oxygen atoms in total. The van der Waals surface area contributed by atoms with Crippen molar-refractivity contribution in [1.82, 2.24) is 9.62 Å². The van der Waals surface area contributed by atoms with Gasteiger partial charge in [-0.1, -0.05) is 6.07 Å². The number of carbonyl (C=O) groups is 1. The van der Waals surface area contributed by atoms with E-state index in [1.807, 2.05) is 31.1 Å². The van der Waals surface area contributed by atoms with Crippen molar-refractivity contribution in [3.05, 3.63) is 59.2 Å². The monoisotopic (exact) mass is 495 g/mol. The summed E-state index contributed by atoms with van der Waals surface area (Å²) in [6, 6.07) is 10.1. The van der Waals surface area contributed by atoms with Crippen LogP contribution in [0, 0.1) is 0 Å². The van der Waals surface area contributed by atoms with Crippen LogP contribution in [-0.2, 0) is 16.2 Å². The zero-order valence-electron chi connectivity index (χ0n) is 19.1. The predicted octanol–water partition coefficient (Wildman–Crippen LogP) is 4.23. The smallest absolute Gasteiger partial charge is 0.378 e. The molecular formula is C24H28F3N3O3S. The Balaban J connectivity index is 1.44. The van der Waals surface area contributed by atoms with Crippen LogP contribution in [0.2, 0.25) is 0 Å². The fourth-order valence-corrected chi connectivity index (χ4v) is 6.01. The normalized spacial score (nSPS) is 17.6. The van der Waals surface area contributed by atoms with Crippen LogP contribution >= 0.6 is 0 Å². The zero-order chi connectivity index (χ0) is 24.7. The van der Waals surface area contributed by atoms with Crippen LogP contribution in [0.5, 0.6) is 0 Å². The first-order valence-electron chi connectivity index (χ1n) is 11.3. The highest BCUT2D eigenvalue weighted by molar-refractivity contribution is 7.89. The first kappa shape index (κ1) is 24.5. The number of benzene rings is 2. The number of nitrogens with one attached hydrogen (secondary N) is 1. The number of piperidine rings is 1. The van der Waals surface area contributed by atoms with Gasteiger partial charge in [-0.25, -0.2) is 13.1 Å². The summed E-state index contributed by atoms with van der Waals surface area (Å²) in [7, 11) is -0.315. The highest BCUT2D eigenvalue weighted by Crippen LogP contribution is 2.48. The molecule has 34 heavy (non-hydrogen) atoms. The molecule has 1 aliphatic heterocycles. The number of carbonyl (C=O) groups excluding carboxylic acids is 1. The summed E-state index contributed by atoms with van der Waals surface area (Å²) < 4.78 is 69.4. The molecule has 184 valence electrons. The summed E-state index contributed by atoms with van der Waals surface area (Å²) in [5.41, 5.74) is 0.530. The van der Waals surface area contributed by atoms with E-state index in [0.29, 0.717) is 44.3 Å². The lowest BCUT2D eigenvalue weighted by Crippen LogP contribution is -2.46. The van der Waals surface area contributed by atoms with E-state index < -0.39 is 27.8 Å². The van der Waals surface area contributed by atoms with Crippen molar-refractivity contribution >= 4 is 21.6 Å². The molecule has 0 aromatic heterocycles. The molecular weight excluding hydrogens is 467 g/mol. The minimum absolute atomic E-state index is 0.125. The molecule has 2 fully saturated rings. The van der Waals surface area contributed by atoms with Crippen molar-refractivity contribution < 1.29 is 26.4 Å². The summed E-state index contributed by atoms with van der Waals surface area (Å²) in [5.74, 6) is -0.511. The third-order valence-electron chi connectivity index (χ3n) is 6.38. The van der Waals surface area contributed by atoms with Gasteiger partial charge in [0.15, 0.2) is 0 Å². The molecule has 1 heterocycles. The number of alkyl halides is 3. The molecule has 1 N–H and O–H groups in total. The van der Waals surface area contributed by atoms with Gasteiger partial charge in [0.05, 0.1) is 10.5 Å². The molecule has 1 amide bonds. The van der Waals surface area contributed by atoms with Crippen LogP contribution in [0.25, 0.3) is 0 Å². The first-order chi connectivity index (χ1) is 16.0. The number of likely N-dealkylation sites (tertiary alicyclic amines) is 1. The SMILES string of the molecule is CN(C)c1ccc(C(=O)N2CCC(NS(=O)(=O)c3cccc(C(F)(F)F)c3C3CC3)CC2)cc1. The Kier molecular flexibility index (Phi) is 6.65. The molecule has 0 bridgehead atoms. The molecule has 0 unspecified atom stereocenters. The van der Waals surface area contributed by atoms with E-state index in [2.05, 4.69) is 4.72 Å². The van der Waals surface area contributed by atoms with Gasteiger partial charge in [-0.2, -0.15) is 13.2 Å². The van der Waals surface area contributed by atoms with E-state index in [9.17, 15) is 26.4 Å². The molecule has 1 saturated heterocycles. The van der Waals surface area contributed by atoms with Crippen LogP contribution in [-0.4, -0.2) is 52.5 Å². The molecule has 2 aromatic carbocycles. The fraction of sp³-hybridized carbons (Fsp3) is 0.458. The summed E-state index contributed by atoms with van der Waals surface area (Å²) in [5, 5.41) is 0. The number of halogens is 3. The molecule has 0 radical (unpaired) electrons. The van der Waals surface area contributed by atoms with Gasteiger partial charge in [0.25, 0.3) is 5.91 Å². The predicted molar refractivity (Wildman–Crippen MR) is 123 cm³/mol. The van der Waals surface area contributed by atoms with Crippen molar-refractivity contribution in [2.24, 2.45) is 0 Å². The number of amides is 1. The van der Waals surface area contributed by atoms with Gasteiger partial charge in [-0.15, -0.1) is 0 Å². The van der Waals surface area contributed by atoms with E-state index >= 15 is 0 Å². The van der Waals surface area contributed by atoms with Gasteiger partial charge in [-0.3, -0.25) is 4.79 Å². The van der Waals surface area contributed by atoms with Crippen molar-refractivity contribution in [3.8, 4) is 0 Å². The Morgan fingerprint density at radius 1 is 1.00 bits per heavy atom. The number of rotatable bonds is 6. The maximum atomic E-state index is 13.5. The maximum absolute atomic E-state index is 13.5. The molecule has 0 spiro atoms. The second-order valence-corrected chi connectivity index (χ2v) is 10.8. The van der Waals surface area contributed by atoms with Gasteiger partial charge in [-0.05, 0) is 73.6 Å². The molecule has 10 heteroatoms. The number of nitrogens with zero attached hydrogens (tertiary/aromatic N) is 2. The fourth-order valence-electron chi connectivity index (χ4n) is 4.39. The topological polar surface area (TPSA) is 69.7 Å². The van der Waals surface area contributed by atoms with Crippen LogP contribution in [0.4, 0.5) is 18.9 Å². The van der Waals surface area contributed by atoms with Gasteiger partial charge < -0.3 is 9.80 Å². The highest BCUT2D eigenvalue weighted by atomic mass is 32.2. The summed E-state index contributed by atoms with van der Waals surface area (Å²) >= 11 is 0. The molecule has 4 rings (SSSR count). The highest BCUT2D eigenvalue weighted by Gasteiger charge is 2.42. The third kappa shape index (κ3) is 5.22. The van der Waals surface area contributed by atoms with Crippen molar-refractivity contribution in [2.45, 2.75) is 48.7 Å². The number of anilines is 1. The van der Waals surface area contributed by atoms with E-state index in [-0.39, 0.29) is 22.3 Å². The Morgan fingerprint density at radius 3 is 2.15 bits per heavy atom. The van der Waals surface area contributed by atoms with Gasteiger partial charge in [0.1, 0.15) is 0 Å². The van der Waals surface area contributed by atoms with E-state index in [1.54, 1.807) is 17.0 Å². The molecule has 0 atom stereocenters. The van der Waals surface area contributed by atoms with E-state index in [1.165, 1.54) is 6.07 Å². The van der Waals surface area contributed by atoms with Crippen LogP contribution in [0.1, 0.15) is 53.1 Å². The number of hydrogen-bond acceptors (Lipinski definition) is 4. The third-order valence-corrected chi connectivity index (χ3v) is 7.96. The first-order valence-corrected chi connectivity index (χ1v) is 12.7. The van der Waals surface area contributed by atoms with Gasteiger partial charge in [0, 0.05) is 44.5 Å². The Hall–Kier alpha value is -2.59. The Morgan fingerprint density at radius 2 is 1.62 bits per heavy atom. The number of hydrogen-bond donors (Lipinski definition) is 1. The average molecular weight is 496 g/mol. The maximum Gasteiger partial charge on any atom is 0.416 e. The van der Waals surface area contributed by atoms with Crippen molar-refractivity contribution in [1.29, 1.82) is 0 Å². The molecule has 1 saturated carbocycles. The Labute approximate surface area is 197 Å². The van der Waals surface area contributed by atoms with Crippen molar-refractivity contribution in [3.63, 3.8) is 0 Å². The van der Waals surface area contributed by atoms with Gasteiger partial charge in [0.2, 0.25) is 10.0 Å². The van der Waals surface area contributed by atoms with Crippen molar-refractivity contribution in [2.75, 3.05) is 32.1 Å². The Bertz CT molecular complexity index is 1150.